The molecule has 0 spiro atoms. The molecule has 3 aliphatic carbocycles. The van der Waals surface area contributed by atoms with E-state index in [1.165, 1.54) is 0 Å². The topological polar surface area (TPSA) is 75.6 Å². The molecule has 0 radical (unpaired) electrons. The van der Waals surface area contributed by atoms with Crippen molar-refractivity contribution in [2.24, 2.45) is 11.3 Å². The Bertz CT molecular complexity index is 341. The zero-order valence-electron chi connectivity index (χ0n) is 10.4. The van der Waals surface area contributed by atoms with Crippen molar-refractivity contribution in [1.29, 1.82) is 0 Å². The summed E-state index contributed by atoms with van der Waals surface area (Å²) in [5.74, 6) is -0.286. The van der Waals surface area contributed by atoms with E-state index >= 15 is 0 Å². The lowest BCUT2D eigenvalue weighted by Gasteiger charge is -2.64. The van der Waals surface area contributed by atoms with Crippen LogP contribution in [0.15, 0.2) is 0 Å². The van der Waals surface area contributed by atoms with Crippen LogP contribution in [0.4, 0.5) is 4.79 Å². The highest BCUT2D eigenvalue weighted by molar-refractivity contribution is 5.81. The first-order chi connectivity index (χ1) is 7.72. The van der Waals surface area contributed by atoms with E-state index in [2.05, 4.69) is 5.32 Å². The third-order valence-electron chi connectivity index (χ3n) is 3.61. The second-order valence-corrected chi connectivity index (χ2v) is 6.26. The summed E-state index contributed by atoms with van der Waals surface area (Å²) >= 11 is 0. The smallest absolute Gasteiger partial charge is 0.408 e. The Hall–Kier alpha value is -1.26. The molecular formula is C12H19NO4. The number of rotatable bonds is 3. The van der Waals surface area contributed by atoms with E-state index < -0.39 is 23.7 Å². The minimum absolute atomic E-state index is 0.201. The van der Waals surface area contributed by atoms with Gasteiger partial charge in [-0.1, -0.05) is 0 Å². The van der Waals surface area contributed by atoms with Crippen LogP contribution >= 0.6 is 0 Å². The highest BCUT2D eigenvalue weighted by Crippen LogP contribution is 2.66. The second kappa shape index (κ2) is 3.62. The van der Waals surface area contributed by atoms with Crippen molar-refractivity contribution >= 4 is 12.1 Å². The van der Waals surface area contributed by atoms with Gasteiger partial charge in [0.2, 0.25) is 0 Å². The van der Waals surface area contributed by atoms with Gasteiger partial charge in [0.25, 0.3) is 0 Å². The summed E-state index contributed by atoms with van der Waals surface area (Å²) in [7, 11) is 0. The minimum atomic E-state index is -0.964. The van der Waals surface area contributed by atoms with E-state index in [-0.39, 0.29) is 5.41 Å². The third kappa shape index (κ3) is 2.23. The van der Waals surface area contributed by atoms with E-state index in [0.29, 0.717) is 5.92 Å². The van der Waals surface area contributed by atoms with Gasteiger partial charge in [0, 0.05) is 5.41 Å². The molecule has 1 amide bonds. The SMILES string of the molecule is CC(C)(C)OC(=O)N[C@H](C(=O)O)C12CC(C1)C2. The van der Waals surface area contributed by atoms with Gasteiger partial charge in [-0.3, -0.25) is 0 Å². The van der Waals surface area contributed by atoms with Gasteiger partial charge >= 0.3 is 12.1 Å². The number of hydrogen-bond donors (Lipinski definition) is 2. The Morgan fingerprint density at radius 2 is 1.88 bits per heavy atom. The number of carbonyl (C=O) groups is 2. The van der Waals surface area contributed by atoms with Crippen LogP contribution in [0.2, 0.25) is 0 Å². The van der Waals surface area contributed by atoms with Gasteiger partial charge < -0.3 is 15.2 Å². The van der Waals surface area contributed by atoms with Crippen LogP contribution in [0.5, 0.6) is 0 Å². The first-order valence-corrected chi connectivity index (χ1v) is 5.94. The average Bonchev–Trinajstić information content (AvgIpc) is 1.92. The molecule has 5 nitrogen and oxygen atoms in total. The van der Waals surface area contributed by atoms with E-state index in [1.54, 1.807) is 20.8 Å². The van der Waals surface area contributed by atoms with Crippen LogP contribution in [0, 0.1) is 11.3 Å². The number of carboxylic acid groups (broad SMARTS) is 1. The summed E-state index contributed by atoms with van der Waals surface area (Å²) in [4.78, 5) is 22.8. The van der Waals surface area contributed by atoms with E-state index in [9.17, 15) is 14.7 Å². The van der Waals surface area contributed by atoms with Crippen molar-refractivity contribution in [2.45, 2.75) is 51.7 Å². The molecule has 17 heavy (non-hydrogen) atoms. The van der Waals surface area contributed by atoms with Gasteiger partial charge in [0.1, 0.15) is 11.6 Å². The Kier molecular flexibility index (Phi) is 2.60. The van der Waals surface area contributed by atoms with Crippen LogP contribution in [-0.4, -0.2) is 28.8 Å². The number of amides is 1. The third-order valence-corrected chi connectivity index (χ3v) is 3.61. The molecule has 0 saturated heterocycles. The van der Waals surface area contributed by atoms with E-state index in [0.717, 1.165) is 19.3 Å². The highest BCUT2D eigenvalue weighted by Gasteiger charge is 2.63. The molecule has 0 aromatic carbocycles. The van der Waals surface area contributed by atoms with Crippen molar-refractivity contribution in [3.63, 3.8) is 0 Å². The highest BCUT2D eigenvalue weighted by atomic mass is 16.6. The zero-order chi connectivity index (χ0) is 12.8. The molecule has 2 bridgehead atoms. The Labute approximate surface area is 101 Å². The van der Waals surface area contributed by atoms with Gasteiger partial charge in [0.05, 0.1) is 0 Å². The Morgan fingerprint density at radius 3 is 2.18 bits per heavy atom. The van der Waals surface area contributed by atoms with Crippen LogP contribution in [0.3, 0.4) is 0 Å². The number of ether oxygens (including phenoxy) is 1. The molecule has 0 aliphatic heterocycles. The molecule has 0 aromatic rings. The first-order valence-electron chi connectivity index (χ1n) is 5.94. The van der Waals surface area contributed by atoms with Gasteiger partial charge in [-0.2, -0.15) is 0 Å². The summed E-state index contributed by atoms with van der Waals surface area (Å²) in [5, 5.41) is 11.7. The van der Waals surface area contributed by atoms with Gasteiger partial charge in [-0.05, 0) is 46.0 Å². The molecule has 3 aliphatic rings. The standard InChI is InChI=1S/C12H19NO4/c1-11(2,3)17-10(16)13-8(9(14)15)12-4-7(5-12)6-12/h7-8H,4-6H2,1-3H3,(H,13,16)(H,14,15)/t7?,8-,12?/m1/s1. The fraction of sp³-hybridized carbons (Fsp3) is 0.833. The monoisotopic (exact) mass is 241 g/mol. The fourth-order valence-corrected chi connectivity index (χ4v) is 2.80. The fourth-order valence-electron chi connectivity index (χ4n) is 2.80. The molecule has 0 unspecified atom stereocenters. The normalized spacial score (nSPS) is 31.8. The summed E-state index contributed by atoms with van der Waals surface area (Å²) in [5.41, 5.74) is -0.806. The van der Waals surface area contributed by atoms with E-state index in [4.69, 9.17) is 4.74 Å². The van der Waals surface area contributed by atoms with Gasteiger partial charge in [0.15, 0.2) is 0 Å². The molecule has 3 rings (SSSR count). The maximum Gasteiger partial charge on any atom is 0.408 e. The second-order valence-electron chi connectivity index (χ2n) is 6.26. The zero-order valence-corrected chi connectivity index (χ0v) is 10.4. The maximum atomic E-state index is 11.6. The number of hydrogen-bond acceptors (Lipinski definition) is 3. The number of carboxylic acids is 1. The maximum absolute atomic E-state index is 11.6. The quantitative estimate of drug-likeness (QED) is 0.789. The summed E-state index contributed by atoms with van der Waals surface area (Å²) in [6.45, 7) is 5.26. The van der Waals surface area contributed by atoms with Crippen LogP contribution < -0.4 is 5.32 Å². The molecule has 0 aromatic heterocycles. The molecule has 0 heterocycles. The molecule has 3 fully saturated rings. The molecule has 96 valence electrons. The van der Waals surface area contributed by atoms with Crippen molar-refractivity contribution in [3.8, 4) is 0 Å². The van der Waals surface area contributed by atoms with E-state index in [1.807, 2.05) is 0 Å². The number of alkyl carbamates (subject to hydrolysis) is 1. The summed E-state index contributed by atoms with van der Waals surface area (Å²) < 4.78 is 5.09. The lowest BCUT2D eigenvalue weighted by Crippen LogP contribution is -2.66. The molecule has 5 heteroatoms. The largest absolute Gasteiger partial charge is 0.480 e. The molecule has 3 saturated carbocycles. The Balaban J connectivity index is 1.94. The lowest BCUT2D eigenvalue weighted by molar-refractivity contribution is -0.169. The lowest BCUT2D eigenvalue weighted by atomic mass is 9.42. The van der Waals surface area contributed by atoms with Crippen molar-refractivity contribution in [2.75, 3.05) is 0 Å². The molecular weight excluding hydrogens is 222 g/mol. The molecule has 2 N–H and O–H groups in total. The summed E-state index contributed by atoms with van der Waals surface area (Å²) in [6, 6.07) is -0.803. The van der Waals surface area contributed by atoms with Crippen molar-refractivity contribution in [3.05, 3.63) is 0 Å². The van der Waals surface area contributed by atoms with Crippen LogP contribution in [0.1, 0.15) is 40.0 Å². The predicted octanol–water partition coefficient (Wildman–Crippen LogP) is 1.76. The van der Waals surface area contributed by atoms with Gasteiger partial charge in [-0.15, -0.1) is 0 Å². The summed E-state index contributed by atoms with van der Waals surface area (Å²) in [6.07, 6.45) is 2.11. The number of carbonyl (C=O) groups excluding carboxylic acids is 1. The van der Waals surface area contributed by atoms with Crippen LogP contribution in [0.25, 0.3) is 0 Å². The predicted molar refractivity (Wildman–Crippen MR) is 60.6 cm³/mol. The molecule has 1 atom stereocenters. The minimum Gasteiger partial charge on any atom is -0.480 e. The Morgan fingerprint density at radius 1 is 1.35 bits per heavy atom. The number of nitrogens with one attached hydrogen (secondary N) is 1. The number of aliphatic carboxylic acids is 1. The average molecular weight is 241 g/mol. The van der Waals surface area contributed by atoms with Crippen molar-refractivity contribution in [1.82, 2.24) is 5.32 Å². The van der Waals surface area contributed by atoms with Crippen molar-refractivity contribution < 1.29 is 19.4 Å². The van der Waals surface area contributed by atoms with Crippen LogP contribution in [-0.2, 0) is 9.53 Å². The first kappa shape index (κ1) is 12.2. The van der Waals surface area contributed by atoms with Gasteiger partial charge in [-0.25, -0.2) is 9.59 Å².